The average Bonchev–Trinajstić information content (AvgIpc) is 2.96. The summed E-state index contributed by atoms with van der Waals surface area (Å²) in [5.41, 5.74) is 0. The van der Waals surface area contributed by atoms with Crippen molar-refractivity contribution in [2.24, 2.45) is 0 Å². The molecule has 252 valence electrons. The Morgan fingerprint density at radius 2 is 0.628 bits per heavy atom. The predicted molar refractivity (Wildman–Crippen MR) is 178 cm³/mol. The quantitative estimate of drug-likeness (QED) is 0.0590. The Morgan fingerprint density at radius 1 is 0.419 bits per heavy atom. The number of carbonyl (C=O) groups excluding carboxylic acids is 2. The summed E-state index contributed by atoms with van der Waals surface area (Å²) in [7, 11) is 0. The molecule has 6 nitrogen and oxygen atoms in total. The molecule has 0 aliphatic rings. The summed E-state index contributed by atoms with van der Waals surface area (Å²) in [6, 6.07) is 0. The van der Waals surface area contributed by atoms with Gasteiger partial charge in [0.2, 0.25) is 0 Å². The van der Waals surface area contributed by atoms with Gasteiger partial charge in [-0.15, -0.1) is 0 Å². The number of hydrogen-bond acceptors (Lipinski definition) is 6. The number of aliphatic hydroxyl groups excluding tert-OH is 2. The molecule has 0 aromatic heterocycles. The van der Waals surface area contributed by atoms with E-state index in [0.29, 0.717) is 12.8 Å². The van der Waals surface area contributed by atoms with Gasteiger partial charge in [-0.3, -0.25) is 0 Å². The molecule has 7 heteroatoms. The van der Waals surface area contributed by atoms with Crippen molar-refractivity contribution in [2.75, 3.05) is 0 Å². The molecule has 0 fully saturated rings. The van der Waals surface area contributed by atoms with Crippen molar-refractivity contribution in [3.63, 3.8) is 0 Å². The molecule has 2 N–H and O–H groups in total. The maximum atomic E-state index is 10.3. The van der Waals surface area contributed by atoms with Crippen LogP contribution in [0.1, 0.15) is 206 Å². The topological polar surface area (TPSA) is 121 Å². The Labute approximate surface area is 282 Å². The number of hydrogen-bond donors (Lipinski definition) is 2. The normalized spacial score (nSPS) is 12.2. The van der Waals surface area contributed by atoms with E-state index in [-0.39, 0.29) is 35.9 Å². The number of aliphatic hydroxyl groups is 2. The van der Waals surface area contributed by atoms with Crippen LogP contribution in [0.4, 0.5) is 0 Å². The molecule has 2 unspecified atom stereocenters. The van der Waals surface area contributed by atoms with E-state index < -0.39 is 24.1 Å². The zero-order valence-corrected chi connectivity index (χ0v) is 30.0. The Morgan fingerprint density at radius 3 is 0.837 bits per heavy atom. The van der Waals surface area contributed by atoms with Gasteiger partial charge in [-0.2, -0.15) is 0 Å². The maximum absolute atomic E-state index is 10.3. The van der Waals surface area contributed by atoms with Crippen LogP contribution in [0, 0.1) is 0 Å². The minimum Gasteiger partial charge on any atom is -0.550 e. The van der Waals surface area contributed by atoms with Crippen molar-refractivity contribution in [3.05, 3.63) is 0 Å². The molecule has 0 aliphatic heterocycles. The third kappa shape index (κ3) is 46.2. The summed E-state index contributed by atoms with van der Waals surface area (Å²) in [5.74, 6) is -2.13. The molecule has 0 spiro atoms. The molecule has 0 aromatic rings. The zero-order valence-electron chi connectivity index (χ0n) is 28.6. The van der Waals surface area contributed by atoms with Crippen molar-refractivity contribution in [1.82, 2.24) is 0 Å². The summed E-state index contributed by atoms with van der Waals surface area (Å²) >= 11 is 0. The van der Waals surface area contributed by atoms with Crippen LogP contribution in [-0.2, 0) is 9.59 Å². The molecule has 0 heterocycles. The fraction of sp³-hybridized carbons (Fsp3) is 0.944. The van der Waals surface area contributed by atoms with E-state index in [4.69, 9.17) is 0 Å². The fourth-order valence-corrected chi connectivity index (χ4v) is 5.30. The molecule has 0 rings (SSSR count). The largest absolute Gasteiger partial charge is 2.00 e. The van der Waals surface area contributed by atoms with Crippen molar-refractivity contribution >= 4 is 35.0 Å². The smallest absolute Gasteiger partial charge is 0.550 e. The summed E-state index contributed by atoms with van der Waals surface area (Å²) in [6.07, 6.45) is 32.5. The second-order valence-electron chi connectivity index (χ2n) is 12.5. The predicted octanol–water partition coefficient (Wildman–Crippen LogP) is 7.56. The van der Waals surface area contributed by atoms with E-state index in [1.54, 1.807) is 0 Å². The van der Waals surface area contributed by atoms with Gasteiger partial charge in [0.25, 0.3) is 0 Å². The number of aliphatic carboxylic acids is 2. The van der Waals surface area contributed by atoms with Gasteiger partial charge >= 0.3 is 23.1 Å². The van der Waals surface area contributed by atoms with Crippen LogP contribution in [0.3, 0.4) is 0 Å². The molecular formula is C36H70MgO6. The molecule has 43 heavy (non-hydrogen) atoms. The van der Waals surface area contributed by atoms with Crippen LogP contribution in [0.15, 0.2) is 0 Å². The Kier molecular flexibility index (Phi) is 43.4. The van der Waals surface area contributed by atoms with E-state index in [2.05, 4.69) is 13.8 Å². The number of carboxylic acids is 2. The molecule has 0 amide bonds. The first-order valence-corrected chi connectivity index (χ1v) is 18.1. The number of carboxylic acid groups (broad SMARTS) is 2. The number of carbonyl (C=O) groups is 2. The average molecular weight is 623 g/mol. The van der Waals surface area contributed by atoms with Crippen molar-refractivity contribution in [1.29, 1.82) is 0 Å². The summed E-state index contributed by atoms with van der Waals surface area (Å²) in [5, 5.41) is 39.6. The monoisotopic (exact) mass is 623 g/mol. The van der Waals surface area contributed by atoms with Gasteiger partial charge in [-0.05, 0) is 38.5 Å². The van der Waals surface area contributed by atoms with E-state index in [1.165, 1.54) is 128 Å². The Bertz CT molecular complexity index is 512. The molecule has 0 saturated carbocycles. The Hall–Kier alpha value is -0.374. The van der Waals surface area contributed by atoms with Crippen LogP contribution in [-0.4, -0.2) is 57.4 Å². The summed E-state index contributed by atoms with van der Waals surface area (Å²) in [6.45, 7) is 4.50. The van der Waals surface area contributed by atoms with Gasteiger partial charge in [-0.25, -0.2) is 0 Å². The van der Waals surface area contributed by atoms with Crippen molar-refractivity contribution < 1.29 is 30.0 Å². The number of unbranched alkanes of at least 4 members (excludes halogenated alkanes) is 22. The zero-order chi connectivity index (χ0) is 31.5. The summed E-state index contributed by atoms with van der Waals surface area (Å²) < 4.78 is 0. The molecule has 0 saturated heterocycles. The first-order valence-electron chi connectivity index (χ1n) is 18.1. The molecule has 0 aliphatic carbocycles. The van der Waals surface area contributed by atoms with Gasteiger partial charge in [0.05, 0.1) is 12.2 Å². The first kappa shape index (κ1) is 47.0. The maximum Gasteiger partial charge on any atom is 2.00 e. The minimum absolute atomic E-state index is 0. The fourth-order valence-electron chi connectivity index (χ4n) is 5.30. The van der Waals surface area contributed by atoms with Gasteiger partial charge < -0.3 is 30.0 Å². The summed E-state index contributed by atoms with van der Waals surface area (Å²) in [4.78, 5) is 20.5. The van der Waals surface area contributed by atoms with Gasteiger partial charge in [0, 0.05) is 11.9 Å². The van der Waals surface area contributed by atoms with Crippen LogP contribution in [0.25, 0.3) is 0 Å². The van der Waals surface area contributed by atoms with E-state index in [1.807, 2.05) is 0 Å². The van der Waals surface area contributed by atoms with E-state index in [0.717, 1.165) is 38.5 Å². The van der Waals surface area contributed by atoms with Crippen LogP contribution in [0.2, 0.25) is 0 Å². The molecule has 0 bridgehead atoms. The number of rotatable bonds is 32. The van der Waals surface area contributed by atoms with Crippen molar-refractivity contribution in [3.8, 4) is 0 Å². The van der Waals surface area contributed by atoms with Crippen LogP contribution >= 0.6 is 0 Å². The van der Waals surface area contributed by atoms with Gasteiger partial charge in [0.1, 0.15) is 0 Å². The van der Waals surface area contributed by atoms with Gasteiger partial charge in [-0.1, -0.05) is 168 Å². The van der Waals surface area contributed by atoms with Crippen LogP contribution in [0.5, 0.6) is 0 Å². The van der Waals surface area contributed by atoms with Crippen molar-refractivity contribution in [2.45, 2.75) is 219 Å². The third-order valence-corrected chi connectivity index (χ3v) is 8.15. The first-order chi connectivity index (χ1) is 20.3. The Balaban J connectivity index is -0.000000727. The molecule has 0 radical (unpaired) electrons. The second-order valence-corrected chi connectivity index (χ2v) is 12.5. The minimum atomic E-state index is -1.07. The molecular weight excluding hydrogens is 553 g/mol. The standard InChI is InChI=1S/2C18H36O3.Mg/c2*1-2-3-4-5-6-7-8-9-10-11-12-13-14-17(19)15-16-18(20)21;/h2*17,19H,2-16H2,1H3,(H,20,21);/q;;+2/p-2. The van der Waals surface area contributed by atoms with Gasteiger partial charge in [0.15, 0.2) is 0 Å². The SMILES string of the molecule is CCCCCCCCCCCCCCC(O)CCC(=O)[O-].CCCCCCCCCCCCCCC(O)CCC(=O)[O-].[Mg+2]. The second kappa shape index (κ2) is 39.7. The molecule has 2 atom stereocenters. The van der Waals surface area contributed by atoms with E-state index >= 15 is 0 Å². The van der Waals surface area contributed by atoms with E-state index in [9.17, 15) is 30.0 Å². The third-order valence-electron chi connectivity index (χ3n) is 8.15. The van der Waals surface area contributed by atoms with Crippen LogP contribution < -0.4 is 10.2 Å². The molecule has 0 aromatic carbocycles.